The van der Waals surface area contributed by atoms with Gasteiger partial charge in [0, 0.05) is 0 Å². The molecule has 0 spiro atoms. The first-order valence-corrected chi connectivity index (χ1v) is 5.70. The summed E-state index contributed by atoms with van der Waals surface area (Å²) in [5.41, 5.74) is 4.12. The Kier molecular flexibility index (Phi) is 3.18. The van der Waals surface area contributed by atoms with Gasteiger partial charge in [0.25, 0.3) is 0 Å². The van der Waals surface area contributed by atoms with Gasteiger partial charge in [-0.05, 0) is 55.0 Å². The van der Waals surface area contributed by atoms with Crippen molar-refractivity contribution in [2.75, 3.05) is 14.2 Å². The summed E-state index contributed by atoms with van der Waals surface area (Å²) in [6.45, 7) is 2.10. The highest BCUT2D eigenvalue weighted by Gasteiger charge is 2.17. The van der Waals surface area contributed by atoms with E-state index in [1.807, 2.05) is 0 Å². The minimum Gasteiger partial charge on any atom is -0.493 e. The first-order chi connectivity index (χ1) is 7.80. The minimum absolute atomic E-state index is 0.822. The molecule has 2 heteroatoms. The van der Waals surface area contributed by atoms with Gasteiger partial charge in [0.15, 0.2) is 11.5 Å². The van der Waals surface area contributed by atoms with Gasteiger partial charge in [0.1, 0.15) is 0 Å². The molecule has 0 aromatic heterocycles. The lowest BCUT2D eigenvalue weighted by Gasteiger charge is -2.21. The third-order valence-corrected chi connectivity index (χ3v) is 3.20. The predicted octanol–water partition coefficient (Wildman–Crippen LogP) is 3.44. The Hall–Kier alpha value is -1.44. The van der Waals surface area contributed by atoms with E-state index < -0.39 is 0 Å². The van der Waals surface area contributed by atoms with Crippen molar-refractivity contribution >= 4 is 5.57 Å². The van der Waals surface area contributed by atoms with Crippen molar-refractivity contribution < 1.29 is 9.47 Å². The van der Waals surface area contributed by atoms with Gasteiger partial charge in [-0.15, -0.1) is 0 Å². The Morgan fingerprint density at radius 3 is 2.38 bits per heavy atom. The van der Waals surface area contributed by atoms with Gasteiger partial charge < -0.3 is 9.47 Å². The molecule has 1 aromatic rings. The molecule has 0 fully saturated rings. The highest BCUT2D eigenvalue weighted by molar-refractivity contribution is 5.72. The van der Waals surface area contributed by atoms with Crippen molar-refractivity contribution in [1.29, 1.82) is 0 Å². The van der Waals surface area contributed by atoms with Crippen molar-refractivity contribution in [2.45, 2.75) is 26.2 Å². The van der Waals surface area contributed by atoms with Crippen molar-refractivity contribution in [1.82, 2.24) is 0 Å². The Morgan fingerprint density at radius 1 is 1.06 bits per heavy atom. The third-order valence-electron chi connectivity index (χ3n) is 3.20. The molecule has 1 aliphatic rings. The number of rotatable bonds is 2. The van der Waals surface area contributed by atoms with E-state index in [2.05, 4.69) is 25.1 Å². The van der Waals surface area contributed by atoms with E-state index in [9.17, 15) is 0 Å². The van der Waals surface area contributed by atoms with E-state index >= 15 is 0 Å². The molecule has 1 aromatic carbocycles. The van der Waals surface area contributed by atoms with Gasteiger partial charge in [-0.3, -0.25) is 0 Å². The summed E-state index contributed by atoms with van der Waals surface area (Å²) in [6.07, 6.45) is 5.72. The molecule has 86 valence electrons. The average molecular weight is 218 g/mol. The molecule has 0 heterocycles. The van der Waals surface area contributed by atoms with E-state index in [0.717, 1.165) is 17.9 Å². The molecule has 0 atom stereocenters. The fraction of sp³-hybridized carbons (Fsp3) is 0.429. The molecule has 0 aliphatic heterocycles. The Labute approximate surface area is 96.9 Å². The summed E-state index contributed by atoms with van der Waals surface area (Å²) < 4.78 is 10.7. The van der Waals surface area contributed by atoms with Crippen LogP contribution in [-0.4, -0.2) is 14.2 Å². The number of allylic oxidation sites excluding steroid dienone is 2. The second-order valence-electron chi connectivity index (χ2n) is 4.03. The molecule has 0 radical (unpaired) electrons. The zero-order valence-electron chi connectivity index (χ0n) is 10.2. The Bertz CT molecular complexity index is 419. The molecule has 2 nitrogen and oxygen atoms in total. The van der Waals surface area contributed by atoms with Gasteiger partial charge in [-0.25, -0.2) is 0 Å². The van der Waals surface area contributed by atoms with Gasteiger partial charge in [-0.2, -0.15) is 0 Å². The molecule has 1 aliphatic carbocycles. The van der Waals surface area contributed by atoms with E-state index in [-0.39, 0.29) is 0 Å². The normalized spacial score (nSPS) is 17.1. The number of fused-ring (bicyclic) bond motifs is 1. The Morgan fingerprint density at radius 2 is 1.75 bits per heavy atom. The molecule has 0 saturated carbocycles. The number of aryl methyl sites for hydroxylation is 1. The lowest BCUT2D eigenvalue weighted by atomic mass is 9.87. The maximum Gasteiger partial charge on any atom is 0.161 e. The van der Waals surface area contributed by atoms with Crippen molar-refractivity contribution in [2.24, 2.45) is 0 Å². The van der Waals surface area contributed by atoms with Crippen LogP contribution in [0.2, 0.25) is 0 Å². The zero-order chi connectivity index (χ0) is 11.5. The fourth-order valence-electron chi connectivity index (χ4n) is 2.33. The van der Waals surface area contributed by atoms with Gasteiger partial charge >= 0.3 is 0 Å². The van der Waals surface area contributed by atoms with E-state index in [4.69, 9.17) is 9.47 Å². The SMILES string of the molecule is C/C=C1\CCCc2cc(OC)c(OC)cc21. The van der Waals surface area contributed by atoms with E-state index in [1.54, 1.807) is 14.2 Å². The number of ether oxygens (including phenoxy) is 2. The van der Waals surface area contributed by atoms with Crippen molar-refractivity contribution in [3.63, 3.8) is 0 Å². The maximum absolute atomic E-state index is 5.34. The van der Waals surface area contributed by atoms with Gasteiger partial charge in [0.05, 0.1) is 14.2 Å². The van der Waals surface area contributed by atoms with Crippen LogP contribution in [0, 0.1) is 0 Å². The van der Waals surface area contributed by atoms with Crippen LogP contribution in [0.15, 0.2) is 18.2 Å². The smallest absolute Gasteiger partial charge is 0.161 e. The zero-order valence-corrected chi connectivity index (χ0v) is 10.2. The molecular formula is C14H18O2. The molecular weight excluding hydrogens is 200 g/mol. The third kappa shape index (κ3) is 1.80. The number of benzene rings is 1. The monoisotopic (exact) mass is 218 g/mol. The minimum atomic E-state index is 0.822. The van der Waals surface area contributed by atoms with Crippen molar-refractivity contribution in [3.8, 4) is 11.5 Å². The molecule has 0 unspecified atom stereocenters. The van der Waals surface area contributed by atoms with Crippen LogP contribution in [0.5, 0.6) is 11.5 Å². The average Bonchev–Trinajstić information content (AvgIpc) is 2.36. The van der Waals surface area contributed by atoms with Gasteiger partial charge in [0.2, 0.25) is 0 Å². The second kappa shape index (κ2) is 4.60. The van der Waals surface area contributed by atoms with E-state index in [0.29, 0.717) is 0 Å². The predicted molar refractivity (Wildman–Crippen MR) is 66.1 cm³/mol. The highest BCUT2D eigenvalue weighted by atomic mass is 16.5. The standard InChI is InChI=1S/C14H18O2/c1-4-10-6-5-7-11-8-13(15-2)14(16-3)9-12(10)11/h4,8-9H,5-7H2,1-3H3/b10-4+. The van der Waals surface area contributed by atoms with Crippen LogP contribution in [0.4, 0.5) is 0 Å². The topological polar surface area (TPSA) is 18.5 Å². The summed E-state index contributed by atoms with van der Waals surface area (Å²) in [6, 6.07) is 4.21. The van der Waals surface area contributed by atoms with Crippen molar-refractivity contribution in [3.05, 3.63) is 29.3 Å². The number of hydrogen-bond acceptors (Lipinski definition) is 2. The van der Waals surface area contributed by atoms with Crippen LogP contribution in [0.3, 0.4) is 0 Å². The van der Waals surface area contributed by atoms with Crippen LogP contribution in [-0.2, 0) is 6.42 Å². The molecule has 16 heavy (non-hydrogen) atoms. The summed E-state index contributed by atoms with van der Waals surface area (Å²) in [4.78, 5) is 0. The fourth-order valence-corrected chi connectivity index (χ4v) is 2.33. The molecule has 0 amide bonds. The first-order valence-electron chi connectivity index (χ1n) is 5.70. The Balaban J connectivity index is 2.55. The highest BCUT2D eigenvalue weighted by Crippen LogP contribution is 2.38. The van der Waals surface area contributed by atoms with Crippen LogP contribution in [0.1, 0.15) is 30.9 Å². The lowest BCUT2D eigenvalue weighted by Crippen LogP contribution is -2.03. The summed E-state index contributed by atoms with van der Waals surface area (Å²) >= 11 is 0. The molecule has 0 N–H and O–H groups in total. The quantitative estimate of drug-likeness (QED) is 0.757. The molecule has 2 rings (SSSR count). The van der Waals surface area contributed by atoms with Crippen LogP contribution >= 0.6 is 0 Å². The second-order valence-corrected chi connectivity index (χ2v) is 4.03. The van der Waals surface area contributed by atoms with Crippen LogP contribution in [0.25, 0.3) is 5.57 Å². The number of hydrogen-bond donors (Lipinski definition) is 0. The van der Waals surface area contributed by atoms with E-state index in [1.165, 1.54) is 29.5 Å². The van der Waals surface area contributed by atoms with Gasteiger partial charge in [-0.1, -0.05) is 6.08 Å². The molecule has 0 bridgehead atoms. The maximum atomic E-state index is 5.34. The first kappa shape index (κ1) is 11.1. The summed E-state index contributed by atoms with van der Waals surface area (Å²) in [7, 11) is 3.37. The number of methoxy groups -OCH3 is 2. The summed E-state index contributed by atoms with van der Waals surface area (Å²) in [5, 5.41) is 0. The lowest BCUT2D eigenvalue weighted by molar-refractivity contribution is 0.354. The van der Waals surface area contributed by atoms with Crippen LogP contribution < -0.4 is 9.47 Å². The molecule has 0 saturated heterocycles. The largest absolute Gasteiger partial charge is 0.493 e. The summed E-state index contributed by atoms with van der Waals surface area (Å²) in [5.74, 6) is 1.65.